The highest BCUT2D eigenvalue weighted by Gasteiger charge is 2.43. The molecule has 5 nitrogen and oxygen atoms in total. The number of nitrogens with one attached hydrogen (secondary N) is 1. The molecule has 1 spiro atoms. The van der Waals surface area contributed by atoms with Crippen LogP contribution < -0.4 is 10.1 Å². The first-order chi connectivity index (χ1) is 11.9. The summed E-state index contributed by atoms with van der Waals surface area (Å²) < 4.78 is 41.9. The zero-order valence-corrected chi connectivity index (χ0v) is 17.0. The highest BCUT2D eigenvalue weighted by atomic mass is 127. The third-order valence-electron chi connectivity index (χ3n) is 5.02. The maximum absolute atomic E-state index is 12.4. The molecule has 1 aliphatic carbocycles. The van der Waals surface area contributed by atoms with Gasteiger partial charge in [0.2, 0.25) is 5.88 Å². The van der Waals surface area contributed by atoms with Crippen molar-refractivity contribution in [3.63, 3.8) is 0 Å². The minimum absolute atomic E-state index is 0. The van der Waals surface area contributed by atoms with Gasteiger partial charge in [-0.2, -0.15) is 13.2 Å². The smallest absolute Gasteiger partial charge is 0.422 e. The van der Waals surface area contributed by atoms with Gasteiger partial charge in [0.25, 0.3) is 0 Å². The molecule has 2 heterocycles. The minimum Gasteiger partial charge on any atom is -0.468 e. The van der Waals surface area contributed by atoms with Gasteiger partial charge in [-0.15, -0.1) is 24.0 Å². The maximum atomic E-state index is 12.4. The Bertz CT molecular complexity index is 635. The molecule has 2 fully saturated rings. The molecule has 1 aliphatic heterocycles. The molecule has 1 aromatic rings. The zero-order chi connectivity index (χ0) is 17.9. The van der Waals surface area contributed by atoms with Crippen molar-refractivity contribution < 1.29 is 17.9 Å². The van der Waals surface area contributed by atoms with Crippen molar-refractivity contribution in [3.8, 4) is 5.88 Å². The van der Waals surface area contributed by atoms with Gasteiger partial charge in [0, 0.05) is 38.4 Å². The van der Waals surface area contributed by atoms with Gasteiger partial charge >= 0.3 is 6.18 Å². The van der Waals surface area contributed by atoms with Crippen molar-refractivity contribution in [2.24, 2.45) is 10.4 Å². The van der Waals surface area contributed by atoms with Crippen LogP contribution in [0.4, 0.5) is 13.2 Å². The van der Waals surface area contributed by atoms with Crippen molar-refractivity contribution in [1.29, 1.82) is 0 Å². The molecule has 146 valence electrons. The van der Waals surface area contributed by atoms with Crippen LogP contribution in [-0.4, -0.2) is 48.8 Å². The second kappa shape index (κ2) is 8.62. The Morgan fingerprint density at radius 1 is 1.38 bits per heavy atom. The molecule has 0 bridgehead atoms. The number of hydrogen-bond donors (Lipinski definition) is 1. The number of hydrogen-bond acceptors (Lipinski definition) is 3. The molecule has 0 radical (unpaired) electrons. The van der Waals surface area contributed by atoms with Crippen molar-refractivity contribution in [1.82, 2.24) is 15.2 Å². The summed E-state index contributed by atoms with van der Waals surface area (Å²) in [6.07, 6.45) is 2.07. The molecule has 0 unspecified atom stereocenters. The first-order valence-electron chi connectivity index (χ1n) is 8.50. The fraction of sp³-hybridized carbons (Fsp3) is 0.647. The van der Waals surface area contributed by atoms with Crippen LogP contribution in [0.25, 0.3) is 0 Å². The molecule has 26 heavy (non-hydrogen) atoms. The molecule has 1 N–H and O–H groups in total. The molecule has 3 rings (SSSR count). The summed E-state index contributed by atoms with van der Waals surface area (Å²) in [6.45, 7) is 0.929. The lowest BCUT2D eigenvalue weighted by Gasteiger charge is -2.38. The van der Waals surface area contributed by atoms with E-state index < -0.39 is 12.8 Å². The monoisotopic (exact) mass is 484 g/mol. The number of likely N-dealkylation sites (tertiary alicyclic amines) is 1. The van der Waals surface area contributed by atoms with E-state index >= 15 is 0 Å². The second-order valence-electron chi connectivity index (χ2n) is 6.80. The van der Waals surface area contributed by atoms with Crippen molar-refractivity contribution in [3.05, 3.63) is 23.9 Å². The third-order valence-corrected chi connectivity index (χ3v) is 5.02. The largest absolute Gasteiger partial charge is 0.468 e. The normalized spacial score (nSPS) is 19.1. The summed E-state index contributed by atoms with van der Waals surface area (Å²) >= 11 is 0. The fourth-order valence-electron chi connectivity index (χ4n) is 3.55. The van der Waals surface area contributed by atoms with Gasteiger partial charge in [-0.25, -0.2) is 4.98 Å². The molecule has 9 heteroatoms. The van der Waals surface area contributed by atoms with Gasteiger partial charge in [0.05, 0.1) is 0 Å². The zero-order valence-electron chi connectivity index (χ0n) is 14.7. The number of ether oxygens (including phenoxy) is 1. The van der Waals surface area contributed by atoms with Gasteiger partial charge in [-0.1, -0.05) is 12.5 Å². The summed E-state index contributed by atoms with van der Waals surface area (Å²) in [6, 6.07) is 3.38. The quantitative estimate of drug-likeness (QED) is 0.404. The first kappa shape index (κ1) is 21.0. The van der Waals surface area contributed by atoms with Gasteiger partial charge < -0.3 is 15.0 Å². The number of pyridine rings is 1. The Morgan fingerprint density at radius 3 is 2.73 bits per heavy atom. The van der Waals surface area contributed by atoms with E-state index in [2.05, 4.69) is 20.2 Å². The topological polar surface area (TPSA) is 49.8 Å². The Labute approximate surface area is 168 Å². The Kier molecular flexibility index (Phi) is 6.98. The number of halogens is 4. The van der Waals surface area contributed by atoms with Crippen LogP contribution in [0.2, 0.25) is 0 Å². The summed E-state index contributed by atoms with van der Waals surface area (Å²) in [7, 11) is 1.72. The van der Waals surface area contributed by atoms with Crippen LogP contribution in [0.15, 0.2) is 23.3 Å². The van der Waals surface area contributed by atoms with Crippen molar-refractivity contribution in [2.45, 2.75) is 38.4 Å². The standard InChI is InChI=1S/C17H23F3N4O.HI/c1-21-15(24-9-7-16(11-24)5-3-6-16)23-10-13-4-2-8-22-14(13)25-12-17(18,19)20;/h2,4,8H,3,5-7,9-12H2,1H3,(H,21,23);1H. The van der Waals surface area contributed by atoms with E-state index in [0.717, 1.165) is 19.0 Å². The van der Waals surface area contributed by atoms with E-state index in [4.69, 9.17) is 4.74 Å². The van der Waals surface area contributed by atoms with E-state index in [1.165, 1.54) is 31.9 Å². The maximum Gasteiger partial charge on any atom is 0.422 e. The van der Waals surface area contributed by atoms with Crippen LogP contribution in [0.3, 0.4) is 0 Å². The number of alkyl halides is 3. The molecule has 2 aliphatic rings. The molecule has 0 amide bonds. The summed E-state index contributed by atoms with van der Waals surface area (Å²) in [5, 5.41) is 3.23. The molecule has 1 aromatic heterocycles. The van der Waals surface area contributed by atoms with Crippen molar-refractivity contribution >= 4 is 29.9 Å². The summed E-state index contributed by atoms with van der Waals surface area (Å²) in [5.41, 5.74) is 1.03. The van der Waals surface area contributed by atoms with E-state index in [1.807, 2.05) is 0 Å². The molecule has 1 saturated heterocycles. The van der Waals surface area contributed by atoms with E-state index in [1.54, 1.807) is 19.2 Å². The molecule has 0 atom stereocenters. The molecular weight excluding hydrogens is 460 g/mol. The van der Waals surface area contributed by atoms with Crippen LogP contribution in [0.1, 0.15) is 31.2 Å². The van der Waals surface area contributed by atoms with Crippen LogP contribution in [0.5, 0.6) is 5.88 Å². The predicted molar refractivity (Wildman–Crippen MR) is 104 cm³/mol. The molecule has 1 saturated carbocycles. The number of aliphatic imine (C=N–C) groups is 1. The molecular formula is C17H24F3IN4O. The number of rotatable bonds is 4. The lowest BCUT2D eigenvalue weighted by atomic mass is 9.68. The fourth-order valence-corrected chi connectivity index (χ4v) is 3.55. The predicted octanol–water partition coefficient (Wildman–Crippen LogP) is 3.59. The Hall–Kier alpha value is -1.26. The van der Waals surface area contributed by atoms with Crippen LogP contribution in [0, 0.1) is 5.41 Å². The number of guanidine groups is 1. The Morgan fingerprint density at radius 2 is 2.15 bits per heavy atom. The Balaban J connectivity index is 0.00000243. The second-order valence-corrected chi connectivity index (χ2v) is 6.80. The van der Waals surface area contributed by atoms with Gasteiger partial charge in [0.1, 0.15) is 0 Å². The average molecular weight is 484 g/mol. The number of nitrogens with zero attached hydrogens (tertiary/aromatic N) is 3. The van der Waals surface area contributed by atoms with Gasteiger partial charge in [-0.3, -0.25) is 4.99 Å². The van der Waals surface area contributed by atoms with Gasteiger partial charge in [0.15, 0.2) is 12.6 Å². The summed E-state index contributed by atoms with van der Waals surface area (Å²) in [5.74, 6) is 0.772. The van der Waals surface area contributed by atoms with Gasteiger partial charge in [-0.05, 0) is 30.7 Å². The molecule has 0 aromatic carbocycles. The SMILES string of the molecule is CN=C(NCc1cccnc1OCC(F)(F)F)N1CCC2(CCC2)C1.I. The van der Waals surface area contributed by atoms with Crippen LogP contribution in [-0.2, 0) is 6.54 Å². The van der Waals surface area contributed by atoms with E-state index in [-0.39, 0.29) is 29.9 Å². The lowest BCUT2D eigenvalue weighted by Crippen LogP contribution is -2.42. The lowest BCUT2D eigenvalue weighted by molar-refractivity contribution is -0.154. The number of aromatic nitrogens is 1. The van der Waals surface area contributed by atoms with E-state index in [9.17, 15) is 13.2 Å². The highest BCUT2D eigenvalue weighted by molar-refractivity contribution is 14.0. The minimum atomic E-state index is -4.38. The highest BCUT2D eigenvalue weighted by Crippen LogP contribution is 2.47. The third kappa shape index (κ3) is 5.14. The van der Waals surface area contributed by atoms with Crippen molar-refractivity contribution in [2.75, 3.05) is 26.7 Å². The van der Waals surface area contributed by atoms with E-state index in [0.29, 0.717) is 17.5 Å². The van der Waals surface area contributed by atoms with Crippen LogP contribution >= 0.6 is 24.0 Å². The summed E-state index contributed by atoms with van der Waals surface area (Å²) in [4.78, 5) is 10.5. The average Bonchev–Trinajstić information content (AvgIpc) is 2.99. The first-order valence-corrected chi connectivity index (χ1v) is 8.50.